The Kier molecular flexibility index (Phi) is 4.63. The van der Waals surface area contributed by atoms with E-state index in [9.17, 15) is 0 Å². The summed E-state index contributed by atoms with van der Waals surface area (Å²) in [5.74, 6) is 0. The Balaban J connectivity index is 1.95. The second-order valence-corrected chi connectivity index (χ2v) is 7.57. The fourth-order valence-electron chi connectivity index (χ4n) is 4.01. The molecule has 0 aliphatic heterocycles. The summed E-state index contributed by atoms with van der Waals surface area (Å²) in [5, 5.41) is 3.24. The van der Waals surface area contributed by atoms with Gasteiger partial charge in [0, 0.05) is 5.02 Å². The van der Waals surface area contributed by atoms with Gasteiger partial charge in [-0.2, -0.15) is 0 Å². The van der Waals surface area contributed by atoms with Crippen molar-refractivity contribution in [1.82, 2.24) is 0 Å². The van der Waals surface area contributed by atoms with Crippen LogP contribution in [0.25, 0.3) is 44.2 Å². The smallest absolute Gasteiger partial charge is 0.0406 e. The Morgan fingerprint density at radius 2 is 1.00 bits per heavy atom. The molecule has 138 valence electrons. The molecule has 0 aliphatic carbocycles. The molecule has 5 aromatic rings. The Bertz CT molecular complexity index is 1270. The summed E-state index contributed by atoms with van der Waals surface area (Å²) >= 11 is 6.18. The summed E-state index contributed by atoms with van der Waals surface area (Å²) in [6, 6.07) is 40.4. The molecule has 0 fully saturated rings. The molecule has 0 spiro atoms. The van der Waals surface area contributed by atoms with E-state index in [-0.39, 0.29) is 0 Å². The van der Waals surface area contributed by atoms with Gasteiger partial charge in [-0.1, -0.05) is 109 Å². The van der Waals surface area contributed by atoms with Crippen LogP contribution in [0.15, 0.2) is 115 Å². The summed E-state index contributed by atoms with van der Waals surface area (Å²) in [6.45, 7) is 0. The van der Waals surface area contributed by atoms with Crippen LogP contribution in [0, 0.1) is 0 Å². The van der Waals surface area contributed by atoms with Gasteiger partial charge in [-0.15, -0.1) is 0 Å². The van der Waals surface area contributed by atoms with Crippen LogP contribution in [-0.2, 0) is 0 Å². The molecule has 0 saturated heterocycles. The first kappa shape index (κ1) is 17.7. The van der Waals surface area contributed by atoms with Crippen molar-refractivity contribution in [1.29, 1.82) is 0 Å². The van der Waals surface area contributed by atoms with Gasteiger partial charge in [0.25, 0.3) is 0 Å². The van der Waals surface area contributed by atoms with Gasteiger partial charge in [-0.3, -0.25) is 0 Å². The first-order valence-electron chi connectivity index (χ1n) is 9.74. The minimum atomic E-state index is 0.749. The summed E-state index contributed by atoms with van der Waals surface area (Å²) < 4.78 is 0. The molecule has 0 atom stereocenters. The number of halogens is 1. The van der Waals surface area contributed by atoms with Crippen LogP contribution >= 0.6 is 11.6 Å². The normalized spacial score (nSPS) is 10.9. The first-order valence-corrected chi connectivity index (χ1v) is 10.1. The van der Waals surface area contributed by atoms with Gasteiger partial charge in [0.15, 0.2) is 0 Å². The fourth-order valence-corrected chi connectivity index (χ4v) is 4.14. The third-order valence-electron chi connectivity index (χ3n) is 5.33. The molecule has 0 heterocycles. The van der Waals surface area contributed by atoms with Crippen molar-refractivity contribution in [2.75, 3.05) is 0 Å². The lowest BCUT2D eigenvalue weighted by molar-refractivity contribution is 1.58. The number of benzene rings is 5. The molecule has 0 amide bonds. The lowest BCUT2D eigenvalue weighted by Crippen LogP contribution is -1.93. The zero-order chi connectivity index (χ0) is 19.6. The molecule has 0 saturated carbocycles. The van der Waals surface area contributed by atoms with Crippen molar-refractivity contribution >= 4 is 22.4 Å². The highest BCUT2D eigenvalue weighted by molar-refractivity contribution is 6.30. The van der Waals surface area contributed by atoms with E-state index in [1.54, 1.807) is 0 Å². The van der Waals surface area contributed by atoms with Crippen molar-refractivity contribution in [3.05, 3.63) is 120 Å². The highest BCUT2D eigenvalue weighted by atomic mass is 35.5. The lowest BCUT2D eigenvalue weighted by atomic mass is 9.84. The molecule has 0 aliphatic rings. The second-order valence-electron chi connectivity index (χ2n) is 7.13. The van der Waals surface area contributed by atoms with Crippen molar-refractivity contribution < 1.29 is 0 Å². The van der Waals surface area contributed by atoms with E-state index in [2.05, 4.69) is 103 Å². The standard InChI is InChI=1S/C28H19Cl/c29-24-17-15-20(16-18-24)26-19-23-13-7-8-14-25(23)27(21-9-3-1-4-10-21)28(26)22-11-5-2-6-12-22/h1-19H. The molecule has 0 unspecified atom stereocenters. The Labute approximate surface area is 176 Å². The van der Waals surface area contributed by atoms with Gasteiger partial charge in [0.05, 0.1) is 0 Å². The quantitative estimate of drug-likeness (QED) is 0.289. The lowest BCUT2D eigenvalue weighted by Gasteiger charge is -2.19. The summed E-state index contributed by atoms with van der Waals surface area (Å²) in [6.07, 6.45) is 0. The van der Waals surface area contributed by atoms with Crippen molar-refractivity contribution in [3.63, 3.8) is 0 Å². The van der Waals surface area contributed by atoms with Crippen LogP contribution < -0.4 is 0 Å². The topological polar surface area (TPSA) is 0 Å². The van der Waals surface area contributed by atoms with Crippen LogP contribution in [0.1, 0.15) is 0 Å². The minimum Gasteiger partial charge on any atom is -0.0843 e. The summed E-state index contributed by atoms with van der Waals surface area (Å²) in [7, 11) is 0. The molecular weight excluding hydrogens is 372 g/mol. The molecule has 5 aromatic carbocycles. The highest BCUT2D eigenvalue weighted by Gasteiger charge is 2.17. The number of hydrogen-bond donors (Lipinski definition) is 0. The van der Waals surface area contributed by atoms with E-state index in [1.165, 1.54) is 38.6 Å². The maximum atomic E-state index is 6.18. The van der Waals surface area contributed by atoms with Gasteiger partial charge in [-0.05, 0) is 62.4 Å². The Morgan fingerprint density at radius 3 is 1.66 bits per heavy atom. The third kappa shape index (κ3) is 3.33. The zero-order valence-electron chi connectivity index (χ0n) is 15.8. The molecule has 0 bridgehead atoms. The van der Waals surface area contributed by atoms with E-state index in [4.69, 9.17) is 11.6 Å². The molecule has 0 N–H and O–H groups in total. The predicted octanol–water partition coefficient (Wildman–Crippen LogP) is 8.49. The van der Waals surface area contributed by atoms with Crippen LogP contribution in [0.4, 0.5) is 0 Å². The van der Waals surface area contributed by atoms with Gasteiger partial charge < -0.3 is 0 Å². The Hall–Kier alpha value is -3.35. The second kappa shape index (κ2) is 7.58. The van der Waals surface area contributed by atoms with E-state index in [0.717, 1.165) is 10.6 Å². The van der Waals surface area contributed by atoms with Crippen LogP contribution in [0.2, 0.25) is 5.02 Å². The number of fused-ring (bicyclic) bond motifs is 1. The maximum absolute atomic E-state index is 6.18. The minimum absolute atomic E-state index is 0.749. The molecule has 0 nitrogen and oxygen atoms in total. The maximum Gasteiger partial charge on any atom is 0.0406 e. The van der Waals surface area contributed by atoms with E-state index in [1.807, 2.05) is 12.1 Å². The monoisotopic (exact) mass is 390 g/mol. The number of rotatable bonds is 3. The molecule has 5 rings (SSSR count). The van der Waals surface area contributed by atoms with E-state index < -0.39 is 0 Å². The van der Waals surface area contributed by atoms with Crippen molar-refractivity contribution in [2.45, 2.75) is 0 Å². The SMILES string of the molecule is Clc1ccc(-c2cc3ccccc3c(-c3ccccc3)c2-c2ccccc2)cc1. The van der Waals surface area contributed by atoms with Crippen molar-refractivity contribution in [3.8, 4) is 33.4 Å². The first-order chi connectivity index (χ1) is 14.3. The third-order valence-corrected chi connectivity index (χ3v) is 5.58. The largest absolute Gasteiger partial charge is 0.0843 e. The van der Waals surface area contributed by atoms with Gasteiger partial charge >= 0.3 is 0 Å². The fraction of sp³-hybridized carbons (Fsp3) is 0. The molecule has 1 heteroatoms. The van der Waals surface area contributed by atoms with E-state index in [0.29, 0.717) is 0 Å². The van der Waals surface area contributed by atoms with Crippen LogP contribution in [-0.4, -0.2) is 0 Å². The van der Waals surface area contributed by atoms with Crippen LogP contribution in [0.3, 0.4) is 0 Å². The van der Waals surface area contributed by atoms with Crippen LogP contribution in [0.5, 0.6) is 0 Å². The molecular formula is C28H19Cl. The average Bonchev–Trinajstić information content (AvgIpc) is 2.79. The molecule has 0 radical (unpaired) electrons. The van der Waals surface area contributed by atoms with Gasteiger partial charge in [0.1, 0.15) is 0 Å². The average molecular weight is 391 g/mol. The number of hydrogen-bond acceptors (Lipinski definition) is 0. The highest BCUT2D eigenvalue weighted by Crippen LogP contribution is 2.44. The van der Waals surface area contributed by atoms with Gasteiger partial charge in [0.2, 0.25) is 0 Å². The summed E-state index contributed by atoms with van der Waals surface area (Å²) in [4.78, 5) is 0. The summed E-state index contributed by atoms with van der Waals surface area (Å²) in [5.41, 5.74) is 7.32. The van der Waals surface area contributed by atoms with Crippen molar-refractivity contribution in [2.24, 2.45) is 0 Å². The molecule has 0 aromatic heterocycles. The Morgan fingerprint density at radius 1 is 0.448 bits per heavy atom. The van der Waals surface area contributed by atoms with E-state index >= 15 is 0 Å². The molecule has 29 heavy (non-hydrogen) atoms. The predicted molar refractivity (Wildman–Crippen MR) is 125 cm³/mol. The zero-order valence-corrected chi connectivity index (χ0v) is 16.6. The van der Waals surface area contributed by atoms with Gasteiger partial charge in [-0.25, -0.2) is 0 Å².